The lowest BCUT2D eigenvalue weighted by Gasteiger charge is -2.10. The largest absolute Gasteiger partial charge is 0.487 e. The van der Waals surface area contributed by atoms with Crippen molar-refractivity contribution < 1.29 is 14.3 Å². The van der Waals surface area contributed by atoms with E-state index < -0.39 is 5.97 Å². The molecule has 0 spiro atoms. The maximum Gasteiger partial charge on any atom is 0.338 e. The molecule has 0 N–H and O–H groups in total. The maximum atomic E-state index is 11.6. The van der Waals surface area contributed by atoms with Gasteiger partial charge >= 0.3 is 5.97 Å². The van der Waals surface area contributed by atoms with Crippen LogP contribution in [0.5, 0.6) is 5.75 Å². The molecule has 0 fully saturated rings. The lowest BCUT2D eigenvalue weighted by molar-refractivity contribution is 0.0526. The fraction of sp³-hybridized carbons (Fsp3) is 0.188. The second kappa shape index (κ2) is 7.73. The highest BCUT2D eigenvalue weighted by Crippen LogP contribution is 2.28. The van der Waals surface area contributed by atoms with Crippen LogP contribution < -0.4 is 4.74 Å². The Balaban J connectivity index is 2.08. The molecule has 2 aromatic rings. The zero-order chi connectivity index (χ0) is 16.1. The summed E-state index contributed by atoms with van der Waals surface area (Å²) in [5, 5.41) is 1.41. The summed E-state index contributed by atoms with van der Waals surface area (Å²) in [5.74, 6) is 0.0393. The third-order valence-electron chi connectivity index (χ3n) is 2.84. The van der Waals surface area contributed by atoms with Crippen molar-refractivity contribution in [3.05, 3.63) is 62.6 Å². The van der Waals surface area contributed by atoms with Crippen molar-refractivity contribution in [2.24, 2.45) is 0 Å². The van der Waals surface area contributed by atoms with Gasteiger partial charge in [-0.25, -0.2) is 4.79 Å². The van der Waals surface area contributed by atoms with E-state index >= 15 is 0 Å². The van der Waals surface area contributed by atoms with Crippen molar-refractivity contribution in [2.45, 2.75) is 13.5 Å². The molecule has 2 aromatic carbocycles. The molecule has 0 unspecified atom stereocenters. The number of benzene rings is 2. The lowest BCUT2D eigenvalue weighted by atomic mass is 10.2. The summed E-state index contributed by atoms with van der Waals surface area (Å²) in [6.45, 7) is 2.30. The number of esters is 1. The molecule has 6 heteroatoms. The van der Waals surface area contributed by atoms with Crippen LogP contribution in [-0.2, 0) is 11.3 Å². The average molecular weight is 360 g/mol. The van der Waals surface area contributed by atoms with Crippen LogP contribution in [-0.4, -0.2) is 12.6 Å². The number of hydrogen-bond acceptors (Lipinski definition) is 3. The summed E-state index contributed by atoms with van der Waals surface area (Å²) in [6, 6.07) is 9.90. The van der Waals surface area contributed by atoms with Crippen LogP contribution in [0.3, 0.4) is 0 Å². The monoisotopic (exact) mass is 358 g/mol. The number of carbonyl (C=O) groups is 1. The van der Waals surface area contributed by atoms with E-state index in [-0.39, 0.29) is 6.61 Å². The standard InChI is InChI=1S/C16H13Cl3O3/c1-2-21-16(20)10-4-6-15(14(19)7-10)22-9-11-3-5-12(17)8-13(11)18/h3-8H,2,9H2,1H3. The molecule has 0 heterocycles. The fourth-order valence-electron chi connectivity index (χ4n) is 1.75. The number of hydrogen-bond donors (Lipinski definition) is 0. The summed E-state index contributed by atoms with van der Waals surface area (Å²) in [7, 11) is 0. The Hall–Kier alpha value is -1.42. The Morgan fingerprint density at radius 2 is 1.82 bits per heavy atom. The van der Waals surface area contributed by atoms with Gasteiger partial charge in [0.25, 0.3) is 0 Å². The molecule has 0 aliphatic rings. The molecule has 0 aliphatic heterocycles. The molecule has 0 aromatic heterocycles. The van der Waals surface area contributed by atoms with E-state index in [4.69, 9.17) is 44.3 Å². The van der Waals surface area contributed by atoms with Gasteiger partial charge in [-0.1, -0.05) is 40.9 Å². The minimum absolute atomic E-state index is 0.245. The van der Waals surface area contributed by atoms with Crippen LogP contribution in [0, 0.1) is 0 Å². The molecule has 22 heavy (non-hydrogen) atoms. The van der Waals surface area contributed by atoms with Gasteiger partial charge in [0.1, 0.15) is 12.4 Å². The molecule has 0 atom stereocenters. The Morgan fingerprint density at radius 3 is 2.45 bits per heavy atom. The van der Waals surface area contributed by atoms with Gasteiger partial charge in [-0.15, -0.1) is 0 Å². The second-order valence-electron chi connectivity index (χ2n) is 4.39. The minimum Gasteiger partial charge on any atom is -0.487 e. The van der Waals surface area contributed by atoms with E-state index in [1.54, 1.807) is 37.3 Å². The summed E-state index contributed by atoms with van der Waals surface area (Å²) in [6.07, 6.45) is 0. The quantitative estimate of drug-likeness (QED) is 0.670. The smallest absolute Gasteiger partial charge is 0.338 e. The first-order valence-corrected chi connectivity index (χ1v) is 7.68. The third-order valence-corrected chi connectivity index (χ3v) is 3.72. The van der Waals surface area contributed by atoms with E-state index in [0.29, 0.717) is 33.0 Å². The molecular weight excluding hydrogens is 347 g/mol. The van der Waals surface area contributed by atoms with Crippen molar-refractivity contribution in [3.8, 4) is 5.75 Å². The highest BCUT2D eigenvalue weighted by atomic mass is 35.5. The summed E-state index contributed by atoms with van der Waals surface area (Å²) in [4.78, 5) is 11.6. The van der Waals surface area contributed by atoms with Gasteiger partial charge in [0.15, 0.2) is 0 Å². The first-order chi connectivity index (χ1) is 10.5. The topological polar surface area (TPSA) is 35.5 Å². The summed E-state index contributed by atoms with van der Waals surface area (Å²) < 4.78 is 10.5. The van der Waals surface area contributed by atoms with Gasteiger partial charge in [-0.2, -0.15) is 0 Å². The van der Waals surface area contributed by atoms with Crippen LogP contribution >= 0.6 is 34.8 Å². The third kappa shape index (κ3) is 4.29. The summed E-state index contributed by atoms with van der Waals surface area (Å²) >= 11 is 18.0. The molecule has 2 rings (SSSR count). The number of ether oxygens (including phenoxy) is 2. The van der Waals surface area contributed by atoms with Crippen LogP contribution in [0.25, 0.3) is 0 Å². The van der Waals surface area contributed by atoms with E-state index in [1.807, 2.05) is 0 Å². The highest BCUT2D eigenvalue weighted by molar-refractivity contribution is 6.35. The first kappa shape index (κ1) is 16.9. The average Bonchev–Trinajstić information content (AvgIpc) is 2.47. The van der Waals surface area contributed by atoms with E-state index in [9.17, 15) is 4.79 Å². The zero-order valence-corrected chi connectivity index (χ0v) is 14.0. The van der Waals surface area contributed by atoms with E-state index in [2.05, 4.69) is 0 Å². The zero-order valence-electron chi connectivity index (χ0n) is 11.7. The SMILES string of the molecule is CCOC(=O)c1ccc(OCc2ccc(Cl)cc2Cl)c(Cl)c1. The van der Waals surface area contributed by atoms with Crippen molar-refractivity contribution in [2.75, 3.05) is 6.61 Å². The Bertz CT molecular complexity index is 686. The van der Waals surface area contributed by atoms with Crippen LogP contribution in [0.2, 0.25) is 15.1 Å². The van der Waals surface area contributed by atoms with Gasteiger partial charge in [0.2, 0.25) is 0 Å². The molecule has 0 aliphatic carbocycles. The van der Waals surface area contributed by atoms with Gasteiger partial charge in [-0.3, -0.25) is 0 Å². The van der Waals surface area contributed by atoms with Crippen LogP contribution in [0.4, 0.5) is 0 Å². The molecular formula is C16H13Cl3O3. The lowest BCUT2D eigenvalue weighted by Crippen LogP contribution is -2.05. The number of carbonyl (C=O) groups excluding carboxylic acids is 1. The molecule has 0 saturated heterocycles. The Morgan fingerprint density at radius 1 is 1.05 bits per heavy atom. The van der Waals surface area contributed by atoms with Crippen molar-refractivity contribution >= 4 is 40.8 Å². The van der Waals surface area contributed by atoms with Gasteiger partial charge < -0.3 is 9.47 Å². The predicted molar refractivity (Wildman–Crippen MR) is 88.2 cm³/mol. The molecule has 0 radical (unpaired) electrons. The predicted octanol–water partition coefficient (Wildman–Crippen LogP) is 5.40. The molecule has 116 valence electrons. The van der Waals surface area contributed by atoms with Gasteiger partial charge in [-0.05, 0) is 37.3 Å². The van der Waals surface area contributed by atoms with Crippen LogP contribution in [0.1, 0.15) is 22.8 Å². The first-order valence-electron chi connectivity index (χ1n) is 6.54. The summed E-state index contributed by atoms with van der Waals surface area (Å²) in [5.41, 5.74) is 1.17. The Labute approximate surface area is 143 Å². The maximum absolute atomic E-state index is 11.6. The second-order valence-corrected chi connectivity index (χ2v) is 5.64. The number of rotatable bonds is 5. The van der Waals surface area contributed by atoms with Crippen molar-refractivity contribution in [3.63, 3.8) is 0 Å². The molecule has 0 saturated carbocycles. The van der Waals surface area contributed by atoms with E-state index in [1.165, 1.54) is 6.07 Å². The van der Waals surface area contributed by atoms with Gasteiger partial charge in [0.05, 0.1) is 17.2 Å². The van der Waals surface area contributed by atoms with Crippen LogP contribution in [0.15, 0.2) is 36.4 Å². The van der Waals surface area contributed by atoms with E-state index in [0.717, 1.165) is 5.56 Å². The highest BCUT2D eigenvalue weighted by Gasteiger charge is 2.11. The van der Waals surface area contributed by atoms with Gasteiger partial charge in [0, 0.05) is 15.6 Å². The molecule has 0 bridgehead atoms. The number of halogens is 3. The van der Waals surface area contributed by atoms with Crippen molar-refractivity contribution in [1.82, 2.24) is 0 Å². The molecule has 3 nitrogen and oxygen atoms in total. The van der Waals surface area contributed by atoms with Crippen molar-refractivity contribution in [1.29, 1.82) is 0 Å². The normalized spacial score (nSPS) is 10.4. The fourth-order valence-corrected chi connectivity index (χ4v) is 2.45. The minimum atomic E-state index is -0.420. The Kier molecular flexibility index (Phi) is 5.95. The molecule has 0 amide bonds.